The first kappa shape index (κ1) is 21.7. The molecule has 0 radical (unpaired) electrons. The molecule has 0 bridgehead atoms. The third kappa shape index (κ3) is 8.56. The Morgan fingerprint density at radius 3 is 2.36 bits per heavy atom. The van der Waals surface area contributed by atoms with Crippen LogP contribution in [-0.2, 0) is 9.53 Å². The minimum absolute atomic E-state index is 0.0716. The van der Waals surface area contributed by atoms with E-state index in [9.17, 15) is 4.79 Å². The molecule has 1 heterocycles. The molecule has 0 aromatic carbocycles. The zero-order valence-corrected chi connectivity index (χ0v) is 17.4. The van der Waals surface area contributed by atoms with E-state index in [1.165, 1.54) is 11.1 Å². The molecule has 0 saturated carbocycles. The van der Waals surface area contributed by atoms with Crippen molar-refractivity contribution >= 4 is 5.97 Å². The Labute approximate surface area is 155 Å². The predicted octanol–water partition coefficient (Wildman–Crippen LogP) is 6.63. The number of carbonyl (C=O) groups is 1. The molecule has 0 aromatic rings. The van der Waals surface area contributed by atoms with Crippen LogP contribution in [0.5, 0.6) is 0 Å². The summed E-state index contributed by atoms with van der Waals surface area (Å²) in [5.74, 6) is 0.673. The van der Waals surface area contributed by atoms with Crippen molar-refractivity contribution in [1.29, 1.82) is 0 Å². The zero-order valence-electron chi connectivity index (χ0n) is 17.4. The summed E-state index contributed by atoms with van der Waals surface area (Å²) in [5, 5.41) is 0. The lowest BCUT2D eigenvalue weighted by molar-refractivity contribution is -0.157. The highest BCUT2D eigenvalue weighted by atomic mass is 16.5. The molecule has 2 nitrogen and oxygen atoms in total. The molecular weight excluding hydrogens is 308 g/mol. The fourth-order valence-electron chi connectivity index (χ4n) is 3.47. The Kier molecular flexibility index (Phi) is 8.68. The van der Waals surface area contributed by atoms with E-state index in [-0.39, 0.29) is 23.4 Å². The van der Waals surface area contributed by atoms with Gasteiger partial charge in [0.1, 0.15) is 6.10 Å². The molecule has 0 fully saturated rings. The van der Waals surface area contributed by atoms with Crippen molar-refractivity contribution in [2.24, 2.45) is 17.3 Å². The second kappa shape index (κ2) is 9.99. The second-order valence-electron chi connectivity index (χ2n) is 8.88. The Hall–Kier alpha value is -1.31. The highest BCUT2D eigenvalue weighted by Gasteiger charge is 2.32. The lowest BCUT2D eigenvalue weighted by atomic mass is 9.81. The van der Waals surface area contributed by atoms with Gasteiger partial charge in [-0.3, -0.25) is 4.79 Å². The topological polar surface area (TPSA) is 26.3 Å². The standard InChI is InChI=1S/C23H38O2/c1-17-10-8-11-18(2)16-19(3)12-9-13-20(4)22(23(5,6)7)25-21(24)15-14-17/h9-10,13,16,19-20,22H,8,11-12,14-15H2,1-7H3/b13-9+,17-10+,18-16+/t19-,20-,22?/m1/s1. The minimum Gasteiger partial charge on any atom is -0.461 e. The Morgan fingerprint density at radius 1 is 1.04 bits per heavy atom. The largest absolute Gasteiger partial charge is 0.461 e. The molecule has 0 N–H and O–H groups in total. The van der Waals surface area contributed by atoms with E-state index in [2.05, 4.69) is 72.8 Å². The third-order valence-corrected chi connectivity index (χ3v) is 4.86. The number of rotatable bonds is 0. The molecule has 25 heavy (non-hydrogen) atoms. The van der Waals surface area contributed by atoms with Crippen molar-refractivity contribution in [3.05, 3.63) is 35.5 Å². The van der Waals surface area contributed by atoms with Crippen LogP contribution >= 0.6 is 0 Å². The van der Waals surface area contributed by atoms with Gasteiger partial charge >= 0.3 is 5.97 Å². The van der Waals surface area contributed by atoms with Crippen LogP contribution in [0.4, 0.5) is 0 Å². The average molecular weight is 347 g/mol. The highest BCUT2D eigenvalue weighted by Crippen LogP contribution is 2.30. The van der Waals surface area contributed by atoms with Gasteiger partial charge in [-0.05, 0) is 50.9 Å². The first-order valence-electron chi connectivity index (χ1n) is 9.78. The molecule has 1 unspecified atom stereocenters. The second-order valence-corrected chi connectivity index (χ2v) is 8.88. The van der Waals surface area contributed by atoms with E-state index in [0.29, 0.717) is 12.3 Å². The number of esters is 1. The van der Waals surface area contributed by atoms with Crippen molar-refractivity contribution < 1.29 is 9.53 Å². The molecule has 1 rings (SSSR count). The van der Waals surface area contributed by atoms with Gasteiger partial charge in [-0.25, -0.2) is 0 Å². The molecule has 0 aromatic heterocycles. The van der Waals surface area contributed by atoms with Crippen LogP contribution < -0.4 is 0 Å². The third-order valence-electron chi connectivity index (χ3n) is 4.86. The van der Waals surface area contributed by atoms with Crippen molar-refractivity contribution in [2.75, 3.05) is 0 Å². The Bertz CT molecular complexity index is 517. The zero-order chi connectivity index (χ0) is 19.0. The summed E-state index contributed by atoms with van der Waals surface area (Å²) in [4.78, 5) is 12.3. The van der Waals surface area contributed by atoms with Crippen LogP contribution in [0.3, 0.4) is 0 Å². The number of hydrogen-bond acceptors (Lipinski definition) is 2. The molecule has 3 atom stereocenters. The van der Waals surface area contributed by atoms with Crippen molar-refractivity contribution in [1.82, 2.24) is 0 Å². The summed E-state index contributed by atoms with van der Waals surface area (Å²) in [6, 6.07) is 0. The van der Waals surface area contributed by atoms with Crippen molar-refractivity contribution in [3.63, 3.8) is 0 Å². The van der Waals surface area contributed by atoms with E-state index in [0.717, 1.165) is 25.7 Å². The number of allylic oxidation sites excluding steroid dienone is 5. The van der Waals surface area contributed by atoms with Gasteiger partial charge in [-0.2, -0.15) is 0 Å². The molecule has 0 saturated heterocycles. The highest BCUT2D eigenvalue weighted by molar-refractivity contribution is 5.70. The summed E-state index contributed by atoms with van der Waals surface area (Å²) in [6.45, 7) is 15.2. The maximum Gasteiger partial charge on any atom is 0.306 e. The first-order chi connectivity index (χ1) is 11.6. The van der Waals surface area contributed by atoms with Crippen LogP contribution in [0.25, 0.3) is 0 Å². The maximum atomic E-state index is 12.3. The Morgan fingerprint density at radius 2 is 1.72 bits per heavy atom. The van der Waals surface area contributed by atoms with Gasteiger partial charge in [0.2, 0.25) is 0 Å². The van der Waals surface area contributed by atoms with E-state index in [1.807, 2.05) is 0 Å². The number of carbonyl (C=O) groups excluding carboxylic acids is 1. The van der Waals surface area contributed by atoms with Crippen LogP contribution in [0, 0.1) is 17.3 Å². The molecular formula is C23H38O2. The molecule has 2 heteroatoms. The summed E-state index contributed by atoms with van der Waals surface area (Å²) in [6.07, 6.45) is 13.5. The summed E-state index contributed by atoms with van der Waals surface area (Å²) in [5.41, 5.74) is 2.67. The van der Waals surface area contributed by atoms with E-state index in [1.54, 1.807) is 0 Å². The fraction of sp³-hybridized carbons (Fsp3) is 0.696. The molecule has 142 valence electrons. The fourth-order valence-corrected chi connectivity index (χ4v) is 3.47. The molecule has 0 spiro atoms. The van der Waals surface area contributed by atoms with Crippen LogP contribution in [0.1, 0.15) is 80.6 Å². The minimum atomic E-state index is -0.0963. The number of ether oxygens (including phenoxy) is 1. The van der Waals surface area contributed by atoms with Gasteiger partial charge in [0, 0.05) is 12.3 Å². The maximum absolute atomic E-state index is 12.3. The smallest absolute Gasteiger partial charge is 0.306 e. The van der Waals surface area contributed by atoms with Crippen molar-refractivity contribution in [3.8, 4) is 0 Å². The van der Waals surface area contributed by atoms with Gasteiger partial charge in [0.15, 0.2) is 0 Å². The van der Waals surface area contributed by atoms with Crippen LogP contribution in [0.15, 0.2) is 35.5 Å². The SMILES string of the molecule is C/C1=C\[C@H](C)C/C=C/[C@@H](C)C(C(C)(C)C)OC(=O)CC/C(C)=C/CC1. The van der Waals surface area contributed by atoms with Gasteiger partial charge in [0.25, 0.3) is 0 Å². The van der Waals surface area contributed by atoms with Gasteiger partial charge in [-0.1, -0.05) is 70.1 Å². The monoisotopic (exact) mass is 346 g/mol. The molecule has 0 amide bonds. The van der Waals surface area contributed by atoms with E-state index in [4.69, 9.17) is 4.74 Å². The van der Waals surface area contributed by atoms with Crippen LogP contribution in [-0.4, -0.2) is 12.1 Å². The Balaban J connectivity index is 2.98. The van der Waals surface area contributed by atoms with Gasteiger partial charge in [0.05, 0.1) is 0 Å². The predicted molar refractivity (Wildman–Crippen MR) is 107 cm³/mol. The van der Waals surface area contributed by atoms with E-state index >= 15 is 0 Å². The van der Waals surface area contributed by atoms with Gasteiger partial charge in [-0.15, -0.1) is 0 Å². The molecule has 0 aliphatic carbocycles. The summed E-state index contributed by atoms with van der Waals surface area (Å²) < 4.78 is 5.89. The average Bonchev–Trinajstić information content (AvgIpc) is 2.48. The quantitative estimate of drug-likeness (QED) is 0.363. The summed E-state index contributed by atoms with van der Waals surface area (Å²) in [7, 11) is 0. The molecule has 1 aliphatic rings. The normalized spacial score (nSPS) is 33.6. The number of hydrogen-bond donors (Lipinski definition) is 0. The summed E-state index contributed by atoms with van der Waals surface area (Å²) >= 11 is 0. The first-order valence-corrected chi connectivity index (χ1v) is 9.78. The van der Waals surface area contributed by atoms with Crippen LogP contribution in [0.2, 0.25) is 0 Å². The van der Waals surface area contributed by atoms with Gasteiger partial charge < -0.3 is 4.74 Å². The van der Waals surface area contributed by atoms with E-state index < -0.39 is 0 Å². The number of cyclic esters (lactones) is 1. The lowest BCUT2D eigenvalue weighted by Crippen LogP contribution is -2.36. The van der Waals surface area contributed by atoms with Crippen molar-refractivity contribution in [2.45, 2.75) is 86.7 Å². The molecule has 1 aliphatic heterocycles. The lowest BCUT2D eigenvalue weighted by Gasteiger charge is -2.33.